The van der Waals surface area contributed by atoms with Gasteiger partial charge in [0.1, 0.15) is 22.9 Å². The van der Waals surface area contributed by atoms with Gasteiger partial charge in [-0.2, -0.15) is 8.78 Å². The average molecular weight is 563 g/mol. The van der Waals surface area contributed by atoms with Crippen molar-refractivity contribution in [3.8, 4) is 5.75 Å². The maximum atomic E-state index is 14.8. The molecule has 0 unspecified atom stereocenters. The molecule has 1 heterocycles. The van der Waals surface area contributed by atoms with E-state index in [4.69, 9.17) is 9.47 Å². The second-order valence-corrected chi connectivity index (χ2v) is 10.6. The third-order valence-corrected chi connectivity index (χ3v) is 7.92. The molecule has 2 fully saturated rings. The zero-order valence-electron chi connectivity index (χ0n) is 22.0. The predicted molar refractivity (Wildman–Crippen MR) is 130 cm³/mol. The maximum Gasteiger partial charge on any atom is 0.432 e. The number of ether oxygens (including phenoxy) is 3. The number of benzene rings is 2. The van der Waals surface area contributed by atoms with E-state index in [2.05, 4.69) is 11.7 Å². The van der Waals surface area contributed by atoms with Crippen molar-refractivity contribution in [2.75, 3.05) is 13.2 Å². The molecule has 0 aromatic heterocycles. The van der Waals surface area contributed by atoms with E-state index in [0.29, 0.717) is 31.3 Å². The molecule has 0 bridgehead atoms. The molecular formula is C29H33F7O3. The van der Waals surface area contributed by atoms with Crippen LogP contribution in [0.5, 0.6) is 5.75 Å². The topological polar surface area (TPSA) is 27.7 Å². The predicted octanol–water partition coefficient (Wildman–Crippen LogP) is 8.87. The Labute approximate surface area is 223 Å². The van der Waals surface area contributed by atoms with Crippen molar-refractivity contribution < 1.29 is 44.9 Å². The van der Waals surface area contributed by atoms with Crippen LogP contribution in [0.1, 0.15) is 81.3 Å². The third kappa shape index (κ3) is 6.70. The molecule has 10 heteroatoms. The van der Waals surface area contributed by atoms with E-state index in [1.807, 2.05) is 0 Å². The van der Waals surface area contributed by atoms with Crippen molar-refractivity contribution in [2.45, 2.75) is 77.6 Å². The summed E-state index contributed by atoms with van der Waals surface area (Å²) >= 11 is 0. The molecule has 1 saturated heterocycles. The van der Waals surface area contributed by atoms with E-state index >= 15 is 0 Å². The van der Waals surface area contributed by atoms with Crippen LogP contribution in [0.4, 0.5) is 30.7 Å². The fraction of sp³-hybridized carbons (Fsp3) is 0.586. The summed E-state index contributed by atoms with van der Waals surface area (Å²) in [6.45, 7) is 3.70. The Balaban J connectivity index is 1.38. The summed E-state index contributed by atoms with van der Waals surface area (Å²) in [5.41, 5.74) is -2.67. The number of rotatable bonds is 9. The zero-order valence-corrected chi connectivity index (χ0v) is 22.0. The number of halogens is 7. The van der Waals surface area contributed by atoms with Crippen molar-refractivity contribution in [3.63, 3.8) is 0 Å². The van der Waals surface area contributed by atoms with Crippen LogP contribution in [0, 0.1) is 53.8 Å². The van der Waals surface area contributed by atoms with Crippen LogP contribution in [-0.4, -0.2) is 13.2 Å². The second kappa shape index (κ2) is 12.5. The van der Waals surface area contributed by atoms with Gasteiger partial charge < -0.3 is 14.2 Å². The fourth-order valence-electron chi connectivity index (χ4n) is 5.58. The Bertz CT molecular complexity index is 1120. The Morgan fingerprint density at radius 3 is 2.03 bits per heavy atom. The Kier molecular flexibility index (Phi) is 9.47. The minimum Gasteiger partial charge on any atom is -0.428 e. The van der Waals surface area contributed by atoms with Gasteiger partial charge in [-0.3, -0.25) is 0 Å². The first kappa shape index (κ1) is 29.6. The summed E-state index contributed by atoms with van der Waals surface area (Å²) in [5, 5.41) is 0. The van der Waals surface area contributed by atoms with E-state index < -0.39 is 58.4 Å². The number of unbranched alkanes of at least 4 members (excludes halogenated alkanes) is 2. The molecule has 3 nitrogen and oxygen atoms in total. The van der Waals surface area contributed by atoms with Crippen LogP contribution in [-0.2, 0) is 15.6 Å². The first-order valence-electron chi connectivity index (χ1n) is 13.4. The summed E-state index contributed by atoms with van der Waals surface area (Å²) in [5.74, 6) is -8.50. The van der Waals surface area contributed by atoms with Crippen LogP contribution in [0.3, 0.4) is 0 Å². The highest BCUT2D eigenvalue weighted by Crippen LogP contribution is 2.41. The molecule has 1 aliphatic carbocycles. The number of hydrogen-bond acceptors (Lipinski definition) is 3. The third-order valence-electron chi connectivity index (χ3n) is 7.92. The van der Waals surface area contributed by atoms with Gasteiger partial charge in [0.05, 0.1) is 13.2 Å². The highest BCUT2D eigenvalue weighted by atomic mass is 19.3. The lowest BCUT2D eigenvalue weighted by molar-refractivity contribution is -0.215. The first-order chi connectivity index (χ1) is 18.5. The quantitative estimate of drug-likeness (QED) is 0.174. The van der Waals surface area contributed by atoms with Gasteiger partial charge in [-0.25, -0.2) is 22.0 Å². The lowest BCUT2D eigenvalue weighted by atomic mass is 9.74. The summed E-state index contributed by atoms with van der Waals surface area (Å²) < 4.78 is 115. The molecule has 216 valence electrons. The molecular weight excluding hydrogens is 529 g/mol. The highest BCUT2D eigenvalue weighted by Gasteiger charge is 2.43. The molecule has 0 amide bonds. The van der Waals surface area contributed by atoms with Crippen LogP contribution in [0.15, 0.2) is 18.2 Å². The van der Waals surface area contributed by atoms with Gasteiger partial charge in [0.2, 0.25) is 0 Å². The molecule has 2 aromatic carbocycles. The van der Waals surface area contributed by atoms with Crippen LogP contribution in [0.2, 0.25) is 0 Å². The van der Waals surface area contributed by atoms with E-state index in [0.717, 1.165) is 25.7 Å². The van der Waals surface area contributed by atoms with Crippen molar-refractivity contribution in [1.29, 1.82) is 0 Å². The second-order valence-electron chi connectivity index (χ2n) is 10.6. The van der Waals surface area contributed by atoms with E-state index in [1.54, 1.807) is 0 Å². The zero-order chi connectivity index (χ0) is 28.3. The Hall–Kier alpha value is -2.33. The summed E-state index contributed by atoms with van der Waals surface area (Å²) in [7, 11) is 0. The molecule has 0 atom stereocenters. The summed E-state index contributed by atoms with van der Waals surface area (Å²) in [4.78, 5) is 0. The molecule has 2 aliphatic rings. The lowest BCUT2D eigenvalue weighted by Gasteiger charge is -2.38. The average Bonchev–Trinajstić information content (AvgIpc) is 2.90. The normalized spacial score (nSPS) is 24.1. The number of alkyl halides is 2. The van der Waals surface area contributed by atoms with E-state index in [-0.39, 0.29) is 17.5 Å². The monoisotopic (exact) mass is 562 g/mol. The molecule has 0 spiro atoms. The molecule has 0 radical (unpaired) electrons. The van der Waals surface area contributed by atoms with Crippen molar-refractivity contribution in [1.82, 2.24) is 0 Å². The fourth-order valence-corrected chi connectivity index (χ4v) is 5.58. The van der Waals surface area contributed by atoms with Gasteiger partial charge in [-0.15, -0.1) is 0 Å². The maximum absolute atomic E-state index is 14.8. The molecule has 39 heavy (non-hydrogen) atoms. The van der Waals surface area contributed by atoms with E-state index in [1.165, 1.54) is 38.5 Å². The van der Waals surface area contributed by atoms with Gasteiger partial charge in [0.15, 0.2) is 23.7 Å². The van der Waals surface area contributed by atoms with Gasteiger partial charge in [0, 0.05) is 23.1 Å². The minimum absolute atomic E-state index is 0.127. The van der Waals surface area contributed by atoms with Crippen molar-refractivity contribution >= 4 is 0 Å². The standard InChI is InChI=1S/C29H33F7O3/c1-3-4-5-6-17-7-9-18(10-8-17)20-14-37-28(38-15-20)19-11-21(30)25(22(31)12-19)29(35,36)39-24-13-23(32)27(34)26(33)16(24)2/h11-13,17-18,20,28H,3-10,14-15H2,1-2H3. The summed E-state index contributed by atoms with van der Waals surface area (Å²) in [6, 6.07) is 1.49. The van der Waals surface area contributed by atoms with Crippen molar-refractivity contribution in [3.05, 3.63) is 64.0 Å². The van der Waals surface area contributed by atoms with Gasteiger partial charge >= 0.3 is 6.11 Å². The Morgan fingerprint density at radius 2 is 1.44 bits per heavy atom. The smallest absolute Gasteiger partial charge is 0.428 e. The molecule has 0 N–H and O–H groups in total. The van der Waals surface area contributed by atoms with Crippen molar-refractivity contribution in [2.24, 2.45) is 17.8 Å². The van der Waals surface area contributed by atoms with Gasteiger partial charge in [0.25, 0.3) is 0 Å². The highest BCUT2D eigenvalue weighted by molar-refractivity contribution is 5.37. The van der Waals surface area contributed by atoms with Crippen LogP contribution in [0.25, 0.3) is 0 Å². The lowest BCUT2D eigenvalue weighted by Crippen LogP contribution is -2.34. The van der Waals surface area contributed by atoms with Gasteiger partial charge in [-0.05, 0) is 43.7 Å². The van der Waals surface area contributed by atoms with Gasteiger partial charge in [-0.1, -0.05) is 45.4 Å². The van der Waals surface area contributed by atoms with E-state index in [9.17, 15) is 30.7 Å². The number of hydrogen-bond donors (Lipinski definition) is 0. The molecule has 1 aliphatic heterocycles. The summed E-state index contributed by atoms with van der Waals surface area (Å²) in [6.07, 6.45) is 3.67. The largest absolute Gasteiger partial charge is 0.432 e. The van der Waals surface area contributed by atoms with Crippen LogP contribution < -0.4 is 4.74 Å². The molecule has 2 aromatic rings. The van der Waals surface area contributed by atoms with Crippen LogP contribution >= 0.6 is 0 Å². The Morgan fingerprint density at radius 1 is 0.821 bits per heavy atom. The first-order valence-corrected chi connectivity index (χ1v) is 13.4. The molecule has 4 rings (SSSR count). The SMILES string of the molecule is CCCCCC1CCC(C2COC(c3cc(F)c(C(F)(F)Oc4cc(F)c(F)c(F)c4C)c(F)c3)OC2)CC1. The molecule has 1 saturated carbocycles. The minimum atomic E-state index is -4.66.